The fourth-order valence-electron chi connectivity index (χ4n) is 3.75. The van der Waals surface area contributed by atoms with E-state index in [9.17, 15) is 9.59 Å². The molecule has 2 amide bonds. The van der Waals surface area contributed by atoms with Crippen molar-refractivity contribution in [2.75, 3.05) is 23.4 Å². The van der Waals surface area contributed by atoms with Crippen LogP contribution in [0.15, 0.2) is 71.6 Å². The van der Waals surface area contributed by atoms with Crippen LogP contribution in [0.3, 0.4) is 0 Å². The number of rotatable bonds is 8. The van der Waals surface area contributed by atoms with Crippen molar-refractivity contribution in [1.29, 1.82) is 0 Å². The molecule has 1 aliphatic rings. The summed E-state index contributed by atoms with van der Waals surface area (Å²) in [5.74, 6) is 0.900. The lowest BCUT2D eigenvalue weighted by Crippen LogP contribution is -2.27. The van der Waals surface area contributed by atoms with Gasteiger partial charge in [0.25, 0.3) is 11.8 Å². The van der Waals surface area contributed by atoms with Gasteiger partial charge in [-0.2, -0.15) is 0 Å². The second-order valence-electron chi connectivity index (χ2n) is 8.23. The molecule has 0 saturated carbocycles. The number of aryl methyl sites for hydroxylation is 2. The minimum absolute atomic E-state index is 0.104. The molecule has 0 aliphatic carbocycles. The topological polar surface area (TPSA) is 67.9 Å². The Labute approximate surface area is 220 Å². The second-order valence-corrected chi connectivity index (χ2v) is 9.90. The SMILES string of the molecule is CCOc1ccc(N2C(=O)/C(=C/c3ccc(OCC(=O)Nc4cc(C)cc(C)c4)cc3)SC2=S)cc1. The predicted molar refractivity (Wildman–Crippen MR) is 150 cm³/mol. The number of ether oxygens (including phenoxy) is 2. The van der Waals surface area contributed by atoms with E-state index in [2.05, 4.69) is 5.32 Å². The maximum atomic E-state index is 13.0. The molecule has 1 N–H and O–H groups in total. The lowest BCUT2D eigenvalue weighted by molar-refractivity contribution is -0.118. The smallest absolute Gasteiger partial charge is 0.270 e. The van der Waals surface area contributed by atoms with Gasteiger partial charge in [-0.15, -0.1) is 0 Å². The van der Waals surface area contributed by atoms with Crippen LogP contribution >= 0.6 is 24.0 Å². The van der Waals surface area contributed by atoms with Gasteiger partial charge in [0, 0.05) is 5.69 Å². The summed E-state index contributed by atoms with van der Waals surface area (Å²) >= 11 is 6.72. The second kappa shape index (κ2) is 11.4. The average Bonchev–Trinajstić information content (AvgIpc) is 3.11. The molecule has 3 aromatic rings. The summed E-state index contributed by atoms with van der Waals surface area (Å²) in [6.07, 6.45) is 1.80. The normalized spacial score (nSPS) is 14.3. The number of carbonyl (C=O) groups excluding carboxylic acids is 2. The number of hydrogen-bond donors (Lipinski definition) is 1. The molecule has 0 atom stereocenters. The molecule has 36 heavy (non-hydrogen) atoms. The molecule has 1 heterocycles. The van der Waals surface area contributed by atoms with E-state index in [0.717, 1.165) is 28.1 Å². The van der Waals surface area contributed by atoms with E-state index in [1.54, 1.807) is 18.2 Å². The van der Waals surface area contributed by atoms with Crippen molar-refractivity contribution >= 4 is 57.6 Å². The van der Waals surface area contributed by atoms with Crippen molar-refractivity contribution < 1.29 is 19.1 Å². The van der Waals surface area contributed by atoms with E-state index in [1.807, 2.05) is 75.4 Å². The van der Waals surface area contributed by atoms with Crippen molar-refractivity contribution in [3.63, 3.8) is 0 Å². The molecule has 0 aromatic heterocycles. The first-order valence-electron chi connectivity index (χ1n) is 11.4. The molecule has 6 nitrogen and oxygen atoms in total. The first-order valence-corrected chi connectivity index (χ1v) is 12.7. The van der Waals surface area contributed by atoms with Gasteiger partial charge in [-0.05, 0) is 92.1 Å². The minimum atomic E-state index is -0.234. The molecule has 1 fully saturated rings. The van der Waals surface area contributed by atoms with Gasteiger partial charge in [0.2, 0.25) is 0 Å². The molecule has 184 valence electrons. The van der Waals surface area contributed by atoms with Crippen LogP contribution in [-0.2, 0) is 9.59 Å². The standard InChI is InChI=1S/C28H26N2O4S2/c1-4-33-23-11-7-22(8-12-23)30-27(32)25(36-28(30)35)16-20-5-9-24(10-6-20)34-17-26(31)29-21-14-18(2)13-19(3)15-21/h5-16H,4,17H2,1-3H3,(H,29,31)/b25-16-. The molecule has 0 radical (unpaired) electrons. The zero-order chi connectivity index (χ0) is 25.7. The molecule has 0 bridgehead atoms. The van der Waals surface area contributed by atoms with Crippen molar-refractivity contribution in [2.24, 2.45) is 0 Å². The summed E-state index contributed by atoms with van der Waals surface area (Å²) < 4.78 is 11.6. The summed E-state index contributed by atoms with van der Waals surface area (Å²) in [5, 5.41) is 2.85. The Morgan fingerprint density at radius 1 is 0.972 bits per heavy atom. The molecular formula is C28H26N2O4S2. The number of benzene rings is 3. The lowest BCUT2D eigenvalue weighted by Gasteiger charge is -2.15. The fraction of sp³-hybridized carbons (Fsp3) is 0.179. The number of hydrogen-bond acceptors (Lipinski definition) is 6. The third kappa shape index (κ3) is 6.33. The molecule has 1 saturated heterocycles. The summed E-state index contributed by atoms with van der Waals surface area (Å²) in [5.41, 5.74) is 4.44. The molecule has 8 heteroatoms. The molecule has 0 unspecified atom stereocenters. The molecule has 4 rings (SSSR count). The summed E-state index contributed by atoms with van der Waals surface area (Å²) in [4.78, 5) is 27.3. The summed E-state index contributed by atoms with van der Waals surface area (Å²) in [6, 6.07) is 20.4. The van der Waals surface area contributed by atoms with E-state index < -0.39 is 0 Å². The molecular weight excluding hydrogens is 492 g/mol. The number of anilines is 2. The zero-order valence-electron chi connectivity index (χ0n) is 20.2. The Bertz CT molecular complexity index is 1300. The number of amides is 2. The van der Waals surface area contributed by atoms with Crippen LogP contribution in [-0.4, -0.2) is 29.3 Å². The Kier molecular flexibility index (Phi) is 8.07. The highest BCUT2D eigenvalue weighted by Gasteiger charge is 2.33. The largest absolute Gasteiger partial charge is 0.494 e. The lowest BCUT2D eigenvalue weighted by atomic mass is 10.1. The van der Waals surface area contributed by atoms with E-state index in [0.29, 0.717) is 27.3 Å². The van der Waals surface area contributed by atoms with E-state index in [-0.39, 0.29) is 18.4 Å². The van der Waals surface area contributed by atoms with Crippen molar-refractivity contribution in [2.45, 2.75) is 20.8 Å². The maximum Gasteiger partial charge on any atom is 0.270 e. The van der Waals surface area contributed by atoms with Crippen LogP contribution in [0.5, 0.6) is 11.5 Å². The van der Waals surface area contributed by atoms with Gasteiger partial charge >= 0.3 is 0 Å². The van der Waals surface area contributed by atoms with Gasteiger partial charge in [0.1, 0.15) is 11.5 Å². The van der Waals surface area contributed by atoms with Crippen LogP contribution < -0.4 is 19.7 Å². The summed E-state index contributed by atoms with van der Waals surface area (Å²) in [7, 11) is 0. The van der Waals surface area contributed by atoms with Crippen molar-refractivity contribution in [3.05, 3.63) is 88.3 Å². The van der Waals surface area contributed by atoms with Crippen molar-refractivity contribution in [1.82, 2.24) is 0 Å². The van der Waals surface area contributed by atoms with Crippen LogP contribution in [0.25, 0.3) is 6.08 Å². The monoisotopic (exact) mass is 518 g/mol. The first-order chi connectivity index (χ1) is 17.3. The number of nitrogens with zero attached hydrogens (tertiary/aromatic N) is 1. The minimum Gasteiger partial charge on any atom is -0.494 e. The van der Waals surface area contributed by atoms with Gasteiger partial charge in [0.05, 0.1) is 17.2 Å². The maximum absolute atomic E-state index is 13.0. The highest BCUT2D eigenvalue weighted by atomic mass is 32.2. The summed E-state index contributed by atoms with van der Waals surface area (Å²) in [6.45, 7) is 6.36. The Morgan fingerprint density at radius 2 is 1.58 bits per heavy atom. The number of thiocarbonyl (C=S) groups is 1. The Balaban J connectivity index is 1.36. The number of nitrogens with one attached hydrogen (secondary N) is 1. The third-order valence-corrected chi connectivity index (χ3v) is 6.56. The van der Waals surface area contributed by atoms with Gasteiger partial charge in [0.15, 0.2) is 10.9 Å². The van der Waals surface area contributed by atoms with Gasteiger partial charge in [-0.1, -0.05) is 42.2 Å². The van der Waals surface area contributed by atoms with E-state index in [4.69, 9.17) is 21.7 Å². The highest BCUT2D eigenvalue weighted by Crippen LogP contribution is 2.36. The molecule has 0 spiro atoms. The van der Waals surface area contributed by atoms with E-state index in [1.165, 1.54) is 16.7 Å². The quantitative estimate of drug-likeness (QED) is 0.286. The van der Waals surface area contributed by atoms with Gasteiger partial charge in [-0.3, -0.25) is 14.5 Å². The van der Waals surface area contributed by atoms with E-state index >= 15 is 0 Å². The van der Waals surface area contributed by atoms with Crippen LogP contribution in [0.1, 0.15) is 23.6 Å². The first kappa shape index (κ1) is 25.5. The van der Waals surface area contributed by atoms with Gasteiger partial charge < -0.3 is 14.8 Å². The average molecular weight is 519 g/mol. The van der Waals surface area contributed by atoms with Crippen LogP contribution in [0, 0.1) is 13.8 Å². The third-order valence-electron chi connectivity index (χ3n) is 5.25. The Hall–Kier alpha value is -3.62. The van der Waals surface area contributed by atoms with Crippen LogP contribution in [0.2, 0.25) is 0 Å². The number of carbonyl (C=O) groups is 2. The van der Waals surface area contributed by atoms with Crippen molar-refractivity contribution in [3.8, 4) is 11.5 Å². The Morgan fingerprint density at radius 3 is 2.22 bits per heavy atom. The van der Waals surface area contributed by atoms with Crippen LogP contribution in [0.4, 0.5) is 11.4 Å². The fourth-order valence-corrected chi connectivity index (χ4v) is 5.05. The number of thioether (sulfide) groups is 1. The molecule has 1 aliphatic heterocycles. The molecule has 3 aromatic carbocycles. The highest BCUT2D eigenvalue weighted by molar-refractivity contribution is 8.27. The predicted octanol–water partition coefficient (Wildman–Crippen LogP) is 6.13. The zero-order valence-corrected chi connectivity index (χ0v) is 21.9. The van der Waals surface area contributed by atoms with Gasteiger partial charge in [-0.25, -0.2) is 0 Å².